The Morgan fingerprint density at radius 1 is 1.15 bits per heavy atom. The van der Waals surface area contributed by atoms with Crippen LogP contribution in [0.2, 0.25) is 10.2 Å². The molecule has 0 aliphatic carbocycles. The lowest BCUT2D eigenvalue weighted by molar-refractivity contribution is 0.790. The van der Waals surface area contributed by atoms with Crippen LogP contribution in [0.4, 0.5) is 0 Å². The highest BCUT2D eigenvalue weighted by Gasteiger charge is 2.13. The van der Waals surface area contributed by atoms with Crippen molar-refractivity contribution in [3.05, 3.63) is 49.5 Å². The summed E-state index contributed by atoms with van der Waals surface area (Å²) in [5.74, 6) is 1.79. The molecule has 0 saturated heterocycles. The molecule has 2 aromatic rings. The van der Waals surface area contributed by atoms with Crippen molar-refractivity contribution in [2.24, 2.45) is 0 Å². The summed E-state index contributed by atoms with van der Waals surface area (Å²) >= 11 is 15.9. The number of nitrogens with zero attached hydrogens (tertiary/aromatic N) is 2. The van der Waals surface area contributed by atoms with Gasteiger partial charge in [-0.3, -0.25) is 0 Å². The molecule has 1 aromatic heterocycles. The summed E-state index contributed by atoms with van der Waals surface area (Å²) in [6.07, 6.45) is 0. The summed E-state index contributed by atoms with van der Waals surface area (Å²) in [5, 5.41) is 1.28. The molecule has 0 bridgehead atoms. The van der Waals surface area contributed by atoms with E-state index < -0.39 is 0 Å². The average molecular weight is 439 g/mol. The Bertz CT molecular complexity index is 603. The van der Waals surface area contributed by atoms with Crippen molar-refractivity contribution < 1.29 is 0 Å². The van der Waals surface area contributed by atoms with Gasteiger partial charge in [-0.1, -0.05) is 37.0 Å². The van der Waals surface area contributed by atoms with E-state index in [1.807, 2.05) is 24.3 Å². The van der Waals surface area contributed by atoms with Crippen molar-refractivity contribution in [1.82, 2.24) is 9.97 Å². The Balaban J connectivity index is 2.15. The topological polar surface area (TPSA) is 25.8 Å². The fourth-order valence-corrected chi connectivity index (χ4v) is 3.54. The Morgan fingerprint density at radius 3 is 2.40 bits per heavy atom. The number of benzene rings is 1. The zero-order valence-electron chi connectivity index (χ0n) is 11.0. The Hall–Kier alpha value is -0.0400. The highest BCUT2D eigenvalue weighted by molar-refractivity contribution is 14.1. The molecule has 0 saturated carbocycles. The van der Waals surface area contributed by atoms with Gasteiger partial charge >= 0.3 is 0 Å². The van der Waals surface area contributed by atoms with Gasteiger partial charge in [0, 0.05) is 9.92 Å². The van der Waals surface area contributed by atoms with E-state index in [-0.39, 0.29) is 0 Å². The van der Waals surface area contributed by atoms with Crippen molar-refractivity contribution in [1.29, 1.82) is 0 Å². The number of rotatable bonds is 4. The van der Waals surface area contributed by atoms with E-state index in [1.54, 1.807) is 11.8 Å². The standard InChI is InChI=1S/C14H13Cl2IN2S/c1-8(2)13-12(17)14(16)19-11(18-13)7-20-10-5-3-9(15)4-6-10/h3-6,8H,7H2,1-2H3. The third kappa shape index (κ3) is 4.23. The molecule has 2 nitrogen and oxygen atoms in total. The number of hydrogen-bond acceptors (Lipinski definition) is 3. The predicted octanol–water partition coefficient (Wildman–Crippen LogP) is 5.80. The second-order valence-corrected chi connectivity index (χ2v) is 7.45. The monoisotopic (exact) mass is 438 g/mol. The zero-order chi connectivity index (χ0) is 14.7. The first-order chi connectivity index (χ1) is 9.47. The van der Waals surface area contributed by atoms with E-state index in [0.717, 1.165) is 25.0 Å². The Morgan fingerprint density at radius 2 is 1.80 bits per heavy atom. The first-order valence-electron chi connectivity index (χ1n) is 6.07. The van der Waals surface area contributed by atoms with Gasteiger partial charge in [0.1, 0.15) is 11.0 Å². The van der Waals surface area contributed by atoms with E-state index in [4.69, 9.17) is 23.2 Å². The van der Waals surface area contributed by atoms with E-state index in [1.165, 1.54) is 0 Å². The van der Waals surface area contributed by atoms with Crippen LogP contribution in [0.25, 0.3) is 0 Å². The SMILES string of the molecule is CC(C)c1nc(CSc2ccc(Cl)cc2)nc(Cl)c1I. The van der Waals surface area contributed by atoms with Gasteiger partial charge in [-0.25, -0.2) is 9.97 Å². The van der Waals surface area contributed by atoms with E-state index in [9.17, 15) is 0 Å². The van der Waals surface area contributed by atoms with Gasteiger partial charge in [-0.05, 0) is 52.8 Å². The summed E-state index contributed by atoms with van der Waals surface area (Å²) < 4.78 is 0.944. The lowest BCUT2D eigenvalue weighted by atomic mass is 10.1. The predicted molar refractivity (Wildman–Crippen MR) is 94.9 cm³/mol. The van der Waals surface area contributed by atoms with Gasteiger partial charge in [0.15, 0.2) is 0 Å². The van der Waals surface area contributed by atoms with Crippen LogP contribution in [0.15, 0.2) is 29.2 Å². The highest BCUT2D eigenvalue weighted by atomic mass is 127. The van der Waals surface area contributed by atoms with E-state index >= 15 is 0 Å². The third-order valence-corrected chi connectivity index (χ3v) is 5.53. The molecule has 0 radical (unpaired) electrons. The fraction of sp³-hybridized carbons (Fsp3) is 0.286. The average Bonchev–Trinajstić information content (AvgIpc) is 2.41. The molecule has 0 amide bonds. The number of hydrogen-bond donors (Lipinski definition) is 0. The van der Waals surface area contributed by atoms with Crippen LogP contribution in [-0.4, -0.2) is 9.97 Å². The molecule has 1 aromatic carbocycles. The van der Waals surface area contributed by atoms with Crippen molar-refractivity contribution in [3.8, 4) is 0 Å². The minimum atomic E-state index is 0.335. The Labute approximate surface area is 146 Å². The molecule has 1 heterocycles. The van der Waals surface area contributed by atoms with Crippen molar-refractivity contribution >= 4 is 57.6 Å². The smallest absolute Gasteiger partial charge is 0.146 e. The third-order valence-electron chi connectivity index (χ3n) is 2.61. The normalized spacial score (nSPS) is 11.1. The maximum atomic E-state index is 6.18. The first kappa shape index (κ1) is 16.3. The van der Waals surface area contributed by atoms with Gasteiger partial charge in [0.25, 0.3) is 0 Å². The van der Waals surface area contributed by atoms with Gasteiger partial charge < -0.3 is 0 Å². The molecular weight excluding hydrogens is 426 g/mol. The summed E-state index contributed by atoms with van der Waals surface area (Å²) in [5.41, 5.74) is 1.01. The molecule has 2 rings (SSSR count). The Kier molecular flexibility index (Phi) is 5.95. The number of halogens is 3. The maximum Gasteiger partial charge on any atom is 0.146 e. The van der Waals surface area contributed by atoms with Crippen molar-refractivity contribution in [2.75, 3.05) is 0 Å². The zero-order valence-corrected chi connectivity index (χ0v) is 15.5. The van der Waals surface area contributed by atoms with E-state index in [0.29, 0.717) is 16.8 Å². The van der Waals surface area contributed by atoms with Crippen LogP contribution in [0.5, 0.6) is 0 Å². The molecule has 0 fully saturated rings. The molecule has 0 atom stereocenters. The molecule has 20 heavy (non-hydrogen) atoms. The minimum Gasteiger partial charge on any atom is -0.236 e. The summed E-state index contributed by atoms with van der Waals surface area (Å²) in [7, 11) is 0. The summed E-state index contributed by atoms with van der Waals surface area (Å²) in [4.78, 5) is 10.1. The molecule has 0 aliphatic rings. The molecule has 6 heteroatoms. The van der Waals surface area contributed by atoms with Crippen LogP contribution in [-0.2, 0) is 5.75 Å². The quantitative estimate of drug-likeness (QED) is 0.342. The molecular formula is C14H13Cl2IN2S. The molecule has 0 spiro atoms. The summed E-state index contributed by atoms with van der Waals surface area (Å²) in [6, 6.07) is 7.74. The molecule has 0 aliphatic heterocycles. The second kappa shape index (κ2) is 7.29. The van der Waals surface area contributed by atoms with Crippen molar-refractivity contribution in [3.63, 3.8) is 0 Å². The van der Waals surface area contributed by atoms with Gasteiger partial charge in [0.05, 0.1) is 15.0 Å². The van der Waals surface area contributed by atoms with Crippen molar-refractivity contribution in [2.45, 2.75) is 30.4 Å². The first-order valence-corrected chi connectivity index (χ1v) is 8.89. The van der Waals surface area contributed by atoms with Crippen LogP contribution >= 0.6 is 57.6 Å². The van der Waals surface area contributed by atoms with E-state index in [2.05, 4.69) is 46.4 Å². The van der Waals surface area contributed by atoms with Crippen LogP contribution < -0.4 is 0 Å². The number of thioether (sulfide) groups is 1. The lowest BCUT2D eigenvalue weighted by Gasteiger charge is -2.10. The number of aromatic nitrogens is 2. The van der Waals surface area contributed by atoms with Crippen LogP contribution in [0, 0.1) is 3.57 Å². The molecule has 106 valence electrons. The molecule has 0 N–H and O–H groups in total. The minimum absolute atomic E-state index is 0.335. The van der Waals surface area contributed by atoms with Gasteiger partial charge in [-0.2, -0.15) is 0 Å². The molecule has 0 unspecified atom stereocenters. The second-order valence-electron chi connectivity index (χ2n) is 4.53. The van der Waals surface area contributed by atoms with Gasteiger partial charge in [-0.15, -0.1) is 11.8 Å². The maximum absolute atomic E-state index is 6.18. The lowest BCUT2D eigenvalue weighted by Crippen LogP contribution is -2.04. The largest absolute Gasteiger partial charge is 0.236 e. The van der Waals surface area contributed by atoms with Gasteiger partial charge in [0.2, 0.25) is 0 Å². The van der Waals surface area contributed by atoms with Crippen LogP contribution in [0.3, 0.4) is 0 Å². The summed E-state index contributed by atoms with van der Waals surface area (Å²) in [6.45, 7) is 4.22. The highest BCUT2D eigenvalue weighted by Crippen LogP contribution is 2.28. The van der Waals surface area contributed by atoms with Crippen LogP contribution in [0.1, 0.15) is 31.3 Å². The fourth-order valence-electron chi connectivity index (χ4n) is 1.61.